The zero-order valence-electron chi connectivity index (χ0n) is 11.3. The number of hydrogen-bond acceptors (Lipinski definition) is 5. The van der Waals surface area contributed by atoms with E-state index in [2.05, 4.69) is 10.8 Å². The molecule has 0 bridgehead atoms. The first-order valence-corrected chi connectivity index (χ1v) is 7.16. The summed E-state index contributed by atoms with van der Waals surface area (Å²) in [7, 11) is 1.22. The summed E-state index contributed by atoms with van der Waals surface area (Å²) in [4.78, 5) is 23.2. The van der Waals surface area contributed by atoms with Gasteiger partial charge in [0.05, 0.1) is 22.4 Å². The van der Waals surface area contributed by atoms with E-state index in [-0.39, 0.29) is 11.4 Å². The minimum atomic E-state index is -0.684. The molecule has 0 amide bonds. The lowest BCUT2D eigenvalue weighted by Gasteiger charge is -2.01. The maximum atomic E-state index is 11.6. The number of nitrogens with zero attached hydrogens (tertiary/aromatic N) is 1. The number of halogens is 1. The van der Waals surface area contributed by atoms with Crippen molar-refractivity contribution in [2.24, 2.45) is 0 Å². The highest BCUT2D eigenvalue weighted by atomic mass is 35.5. The van der Waals surface area contributed by atoms with Crippen LogP contribution in [0.4, 0.5) is 0 Å². The van der Waals surface area contributed by atoms with E-state index in [0.717, 1.165) is 10.1 Å². The van der Waals surface area contributed by atoms with Gasteiger partial charge in [-0.1, -0.05) is 17.7 Å². The molecular weight excluding hydrogens is 310 g/mol. The number of rotatable bonds is 3. The van der Waals surface area contributed by atoms with Crippen molar-refractivity contribution < 1.29 is 14.3 Å². The zero-order valence-corrected chi connectivity index (χ0v) is 12.8. The number of esters is 1. The quantitative estimate of drug-likeness (QED) is 0.375. The van der Waals surface area contributed by atoms with E-state index in [1.54, 1.807) is 17.5 Å². The Morgan fingerprint density at radius 2 is 2.14 bits per heavy atom. The molecule has 2 rings (SSSR count). The zero-order chi connectivity index (χ0) is 15.6. The highest BCUT2D eigenvalue weighted by molar-refractivity contribution is 7.17. The molecule has 0 fully saturated rings. The Bertz CT molecular complexity index is 814. The lowest BCUT2D eigenvalue weighted by atomic mass is 10.1. The monoisotopic (exact) mass is 319 g/mol. The summed E-state index contributed by atoms with van der Waals surface area (Å²) in [6, 6.07) is 5.44. The van der Waals surface area contributed by atoms with Crippen molar-refractivity contribution in [1.29, 1.82) is 5.26 Å². The van der Waals surface area contributed by atoms with Gasteiger partial charge in [0, 0.05) is 5.39 Å². The van der Waals surface area contributed by atoms with Gasteiger partial charge in [0.2, 0.25) is 0 Å². The summed E-state index contributed by atoms with van der Waals surface area (Å²) < 4.78 is 5.33. The van der Waals surface area contributed by atoms with Crippen LogP contribution in [0.1, 0.15) is 18.1 Å². The molecule has 0 aliphatic carbocycles. The molecular formula is C15H10ClNO3S. The number of fused-ring (bicyclic) bond motifs is 1. The molecule has 0 radical (unpaired) electrons. The molecule has 0 spiro atoms. The molecule has 106 valence electrons. The Hall–Kier alpha value is -2.16. The first kappa shape index (κ1) is 15.2. The number of Topliss-reactive ketones (excluding diaryl/α,β-unsaturated/α-hetero) is 1. The molecule has 6 heteroatoms. The highest BCUT2D eigenvalue weighted by Gasteiger charge is 2.17. The molecule has 1 aromatic heterocycles. The summed E-state index contributed by atoms with van der Waals surface area (Å²) in [5.41, 5.74) is 1.03. The molecule has 0 aliphatic heterocycles. The molecule has 2 aromatic rings. The van der Waals surface area contributed by atoms with Crippen molar-refractivity contribution >= 4 is 50.9 Å². The van der Waals surface area contributed by atoms with Gasteiger partial charge in [0.15, 0.2) is 5.78 Å². The van der Waals surface area contributed by atoms with E-state index >= 15 is 0 Å². The minimum absolute atomic E-state index is 0.0364. The summed E-state index contributed by atoms with van der Waals surface area (Å²) in [5.74, 6) is -1.06. The van der Waals surface area contributed by atoms with E-state index in [4.69, 9.17) is 16.9 Å². The number of carbonyl (C=O) groups is 2. The standard InChI is InChI=1S/C15H10ClNO3S/c1-8(18)11(15(19)20-2)5-9-7-21-14-10(9)3-4-13(16)12(14)6-17/h3-5,7H,1-2H3/b11-5+. The van der Waals surface area contributed by atoms with Crippen LogP contribution in [-0.2, 0) is 14.3 Å². The Labute approximate surface area is 130 Å². The van der Waals surface area contributed by atoms with E-state index in [9.17, 15) is 9.59 Å². The fourth-order valence-electron chi connectivity index (χ4n) is 1.88. The van der Waals surface area contributed by atoms with Gasteiger partial charge < -0.3 is 4.74 Å². The fourth-order valence-corrected chi connectivity index (χ4v) is 3.16. The van der Waals surface area contributed by atoms with Gasteiger partial charge >= 0.3 is 5.97 Å². The largest absolute Gasteiger partial charge is 0.465 e. The molecule has 21 heavy (non-hydrogen) atoms. The van der Waals surface area contributed by atoms with Crippen molar-refractivity contribution in [1.82, 2.24) is 0 Å². The summed E-state index contributed by atoms with van der Waals surface area (Å²) in [6.45, 7) is 1.30. The maximum absolute atomic E-state index is 11.6. The topological polar surface area (TPSA) is 67.2 Å². The maximum Gasteiger partial charge on any atom is 0.341 e. The van der Waals surface area contributed by atoms with Crippen LogP contribution in [0.2, 0.25) is 5.02 Å². The molecule has 0 aliphatic rings. The Kier molecular flexibility index (Phi) is 4.41. The van der Waals surface area contributed by atoms with Crippen LogP contribution < -0.4 is 0 Å². The van der Waals surface area contributed by atoms with Gasteiger partial charge in [-0.25, -0.2) is 4.79 Å². The van der Waals surface area contributed by atoms with E-state index in [0.29, 0.717) is 16.1 Å². The molecule has 0 saturated carbocycles. The van der Waals surface area contributed by atoms with Gasteiger partial charge in [-0.3, -0.25) is 4.79 Å². The highest BCUT2D eigenvalue weighted by Crippen LogP contribution is 2.34. The number of ether oxygens (including phenoxy) is 1. The summed E-state index contributed by atoms with van der Waals surface area (Å²) in [5, 5.41) is 12.1. The lowest BCUT2D eigenvalue weighted by molar-refractivity contribution is -0.137. The molecule has 0 unspecified atom stereocenters. The SMILES string of the molecule is COC(=O)/C(=C/c1csc2c(C#N)c(Cl)ccc12)C(C)=O. The minimum Gasteiger partial charge on any atom is -0.465 e. The second kappa shape index (κ2) is 6.08. The van der Waals surface area contributed by atoms with Crippen LogP contribution in [0.25, 0.3) is 16.2 Å². The fraction of sp³-hybridized carbons (Fsp3) is 0.133. The molecule has 0 saturated heterocycles. The average Bonchev–Trinajstić information content (AvgIpc) is 2.86. The van der Waals surface area contributed by atoms with Crippen LogP contribution in [0.5, 0.6) is 0 Å². The van der Waals surface area contributed by atoms with Crippen molar-refractivity contribution in [2.45, 2.75) is 6.92 Å². The average molecular weight is 320 g/mol. The van der Waals surface area contributed by atoms with Gasteiger partial charge in [-0.2, -0.15) is 5.26 Å². The number of thiophene rings is 1. The normalized spacial score (nSPS) is 11.2. The Morgan fingerprint density at radius 3 is 2.71 bits per heavy atom. The Balaban J connectivity index is 2.66. The third-order valence-corrected chi connectivity index (χ3v) is 4.26. The van der Waals surface area contributed by atoms with Crippen molar-refractivity contribution in [3.63, 3.8) is 0 Å². The molecule has 0 atom stereocenters. The second-order valence-electron chi connectivity index (χ2n) is 4.21. The smallest absolute Gasteiger partial charge is 0.341 e. The number of hydrogen-bond donors (Lipinski definition) is 0. The van der Waals surface area contributed by atoms with Crippen molar-refractivity contribution in [2.75, 3.05) is 7.11 Å². The third-order valence-electron chi connectivity index (χ3n) is 2.92. The molecule has 0 N–H and O–H groups in total. The predicted octanol–water partition coefficient (Wildman–Crippen LogP) is 3.57. The summed E-state index contributed by atoms with van der Waals surface area (Å²) >= 11 is 7.32. The number of ketones is 1. The summed E-state index contributed by atoms with van der Waals surface area (Å²) in [6.07, 6.45) is 1.47. The van der Waals surface area contributed by atoms with E-state index < -0.39 is 5.97 Å². The second-order valence-corrected chi connectivity index (χ2v) is 5.49. The van der Waals surface area contributed by atoms with Crippen LogP contribution in [0.3, 0.4) is 0 Å². The van der Waals surface area contributed by atoms with Crippen LogP contribution in [0.15, 0.2) is 23.1 Å². The number of benzene rings is 1. The van der Waals surface area contributed by atoms with Crippen LogP contribution >= 0.6 is 22.9 Å². The first-order chi connectivity index (χ1) is 9.99. The van der Waals surface area contributed by atoms with Crippen LogP contribution in [0, 0.1) is 11.3 Å². The van der Waals surface area contributed by atoms with Gasteiger partial charge in [0.25, 0.3) is 0 Å². The van der Waals surface area contributed by atoms with Crippen molar-refractivity contribution in [3.05, 3.63) is 39.2 Å². The third kappa shape index (κ3) is 2.82. The lowest BCUT2D eigenvalue weighted by Crippen LogP contribution is -2.11. The Morgan fingerprint density at radius 1 is 1.43 bits per heavy atom. The predicted molar refractivity (Wildman–Crippen MR) is 82.2 cm³/mol. The van der Waals surface area contributed by atoms with Crippen molar-refractivity contribution in [3.8, 4) is 6.07 Å². The van der Waals surface area contributed by atoms with Gasteiger partial charge in [-0.15, -0.1) is 11.3 Å². The molecule has 1 aromatic carbocycles. The van der Waals surface area contributed by atoms with Gasteiger partial charge in [-0.05, 0) is 30.0 Å². The molecule has 4 nitrogen and oxygen atoms in total. The van der Waals surface area contributed by atoms with E-state index in [1.165, 1.54) is 31.4 Å². The number of nitriles is 1. The van der Waals surface area contributed by atoms with E-state index in [1.807, 2.05) is 0 Å². The van der Waals surface area contributed by atoms with Gasteiger partial charge in [0.1, 0.15) is 11.6 Å². The molecule has 1 heterocycles. The first-order valence-electron chi connectivity index (χ1n) is 5.90. The number of carbonyl (C=O) groups excluding carboxylic acids is 2. The number of methoxy groups -OCH3 is 1. The van der Waals surface area contributed by atoms with Crippen LogP contribution in [-0.4, -0.2) is 18.9 Å².